The molecule has 1 aliphatic rings. The molecule has 0 atom stereocenters. The van der Waals surface area contributed by atoms with Crippen LogP contribution in [0.2, 0.25) is 0 Å². The number of anilines is 1. The summed E-state index contributed by atoms with van der Waals surface area (Å²) >= 11 is 0. The highest BCUT2D eigenvalue weighted by molar-refractivity contribution is 6.07. The fourth-order valence-corrected chi connectivity index (χ4v) is 4.15. The van der Waals surface area contributed by atoms with Crippen LogP contribution in [0, 0.1) is 0 Å². The van der Waals surface area contributed by atoms with Crippen LogP contribution >= 0.6 is 0 Å². The second-order valence-corrected chi connectivity index (χ2v) is 7.79. The van der Waals surface area contributed by atoms with Crippen LogP contribution < -0.4 is 9.64 Å². The molecule has 1 amide bonds. The standard InChI is InChI=1S/C26H24N4O2/c1-32-21-10-8-20(9-11-21)29-13-15-30(16-14-29)26(31)23-17-25(19-5-4-12-27-18-19)28-24-7-3-2-6-22(23)24/h2-12,17-18H,13-16H2,1H3. The van der Waals surface area contributed by atoms with Crippen molar-refractivity contribution >= 4 is 22.5 Å². The largest absolute Gasteiger partial charge is 0.497 e. The van der Waals surface area contributed by atoms with Gasteiger partial charge in [0.1, 0.15) is 5.75 Å². The third-order valence-electron chi connectivity index (χ3n) is 5.91. The summed E-state index contributed by atoms with van der Waals surface area (Å²) < 4.78 is 5.25. The number of para-hydroxylation sites is 1. The summed E-state index contributed by atoms with van der Waals surface area (Å²) in [5, 5.41) is 0.878. The maximum atomic E-state index is 13.6. The summed E-state index contributed by atoms with van der Waals surface area (Å²) in [4.78, 5) is 26.8. The Morgan fingerprint density at radius 3 is 2.44 bits per heavy atom. The molecule has 1 aliphatic heterocycles. The Morgan fingerprint density at radius 2 is 1.72 bits per heavy atom. The average Bonchev–Trinajstić information content (AvgIpc) is 2.88. The predicted octanol–water partition coefficient (Wildman–Crippen LogP) is 4.27. The zero-order chi connectivity index (χ0) is 21.9. The summed E-state index contributed by atoms with van der Waals surface area (Å²) in [5.74, 6) is 0.889. The van der Waals surface area contributed by atoms with E-state index in [-0.39, 0.29) is 5.91 Å². The molecule has 1 fully saturated rings. The number of piperazine rings is 1. The van der Waals surface area contributed by atoms with Gasteiger partial charge in [0.05, 0.1) is 23.9 Å². The highest BCUT2D eigenvalue weighted by Crippen LogP contribution is 2.26. The molecule has 0 bridgehead atoms. The number of ether oxygens (including phenoxy) is 1. The van der Waals surface area contributed by atoms with E-state index in [1.54, 1.807) is 19.5 Å². The van der Waals surface area contributed by atoms with Crippen LogP contribution in [0.15, 0.2) is 79.1 Å². The van der Waals surface area contributed by atoms with Gasteiger partial charge in [0, 0.05) is 55.2 Å². The number of rotatable bonds is 4. The number of amides is 1. The number of fused-ring (bicyclic) bond motifs is 1. The van der Waals surface area contributed by atoms with E-state index in [1.165, 1.54) is 0 Å². The van der Waals surface area contributed by atoms with Crippen molar-refractivity contribution in [2.75, 3.05) is 38.2 Å². The van der Waals surface area contributed by atoms with Crippen molar-refractivity contribution in [2.45, 2.75) is 0 Å². The maximum Gasteiger partial charge on any atom is 0.254 e. The van der Waals surface area contributed by atoms with Gasteiger partial charge in [-0.1, -0.05) is 18.2 Å². The van der Waals surface area contributed by atoms with Crippen molar-refractivity contribution in [3.63, 3.8) is 0 Å². The van der Waals surface area contributed by atoms with Crippen molar-refractivity contribution in [1.82, 2.24) is 14.9 Å². The quantitative estimate of drug-likeness (QED) is 0.490. The predicted molar refractivity (Wildman–Crippen MR) is 126 cm³/mol. The molecule has 0 radical (unpaired) electrons. The van der Waals surface area contributed by atoms with Gasteiger partial charge in [-0.3, -0.25) is 9.78 Å². The molecule has 0 spiro atoms. The molecule has 32 heavy (non-hydrogen) atoms. The van der Waals surface area contributed by atoms with Gasteiger partial charge in [0.15, 0.2) is 0 Å². The molecule has 0 saturated carbocycles. The minimum absolute atomic E-state index is 0.0446. The third-order valence-corrected chi connectivity index (χ3v) is 5.91. The van der Waals surface area contributed by atoms with Gasteiger partial charge in [-0.05, 0) is 48.5 Å². The summed E-state index contributed by atoms with van der Waals surface area (Å²) in [5.41, 5.74) is 4.31. The van der Waals surface area contributed by atoms with Crippen LogP contribution in [0.1, 0.15) is 10.4 Å². The molecular formula is C26H24N4O2. The lowest BCUT2D eigenvalue weighted by Gasteiger charge is -2.36. The molecule has 6 heteroatoms. The van der Waals surface area contributed by atoms with Crippen LogP contribution in [0.4, 0.5) is 5.69 Å². The molecule has 0 unspecified atom stereocenters. The summed E-state index contributed by atoms with van der Waals surface area (Å²) in [6.07, 6.45) is 3.51. The van der Waals surface area contributed by atoms with Crippen molar-refractivity contribution in [2.24, 2.45) is 0 Å². The highest BCUT2D eigenvalue weighted by atomic mass is 16.5. The van der Waals surface area contributed by atoms with Crippen LogP contribution in [0.25, 0.3) is 22.2 Å². The molecule has 4 aromatic rings. The average molecular weight is 425 g/mol. The number of carbonyl (C=O) groups is 1. The van der Waals surface area contributed by atoms with E-state index in [0.717, 1.165) is 46.7 Å². The Hall–Kier alpha value is -3.93. The number of carbonyl (C=O) groups excluding carboxylic acids is 1. The van der Waals surface area contributed by atoms with Gasteiger partial charge >= 0.3 is 0 Å². The molecule has 5 rings (SSSR count). The van der Waals surface area contributed by atoms with Crippen LogP contribution in [-0.4, -0.2) is 54.1 Å². The first-order valence-corrected chi connectivity index (χ1v) is 10.7. The highest BCUT2D eigenvalue weighted by Gasteiger charge is 2.24. The minimum Gasteiger partial charge on any atom is -0.497 e. The molecular weight excluding hydrogens is 400 g/mol. The van der Waals surface area contributed by atoms with Crippen LogP contribution in [0.3, 0.4) is 0 Å². The molecule has 160 valence electrons. The summed E-state index contributed by atoms with van der Waals surface area (Å²) in [7, 11) is 1.67. The second kappa shape index (κ2) is 8.67. The Balaban J connectivity index is 1.40. The molecule has 1 saturated heterocycles. The minimum atomic E-state index is 0.0446. The van der Waals surface area contributed by atoms with Gasteiger partial charge in [-0.15, -0.1) is 0 Å². The summed E-state index contributed by atoms with van der Waals surface area (Å²) in [6, 6.07) is 21.6. The number of benzene rings is 2. The molecule has 0 aliphatic carbocycles. The number of nitrogens with zero attached hydrogens (tertiary/aromatic N) is 4. The lowest BCUT2D eigenvalue weighted by Crippen LogP contribution is -2.48. The van der Waals surface area contributed by atoms with E-state index >= 15 is 0 Å². The number of methoxy groups -OCH3 is 1. The Morgan fingerprint density at radius 1 is 0.938 bits per heavy atom. The third kappa shape index (κ3) is 3.87. The molecule has 6 nitrogen and oxygen atoms in total. The van der Waals surface area contributed by atoms with Gasteiger partial charge in [0.2, 0.25) is 0 Å². The second-order valence-electron chi connectivity index (χ2n) is 7.79. The smallest absolute Gasteiger partial charge is 0.254 e. The molecule has 0 N–H and O–H groups in total. The fraction of sp³-hybridized carbons (Fsp3) is 0.192. The van der Waals surface area contributed by atoms with E-state index in [0.29, 0.717) is 18.7 Å². The molecule has 3 heterocycles. The zero-order valence-corrected chi connectivity index (χ0v) is 17.9. The number of hydrogen-bond donors (Lipinski definition) is 0. The Labute approximate surface area is 187 Å². The van der Waals surface area contributed by atoms with Crippen molar-refractivity contribution < 1.29 is 9.53 Å². The van der Waals surface area contributed by atoms with Crippen molar-refractivity contribution in [1.29, 1.82) is 0 Å². The van der Waals surface area contributed by atoms with Crippen molar-refractivity contribution in [3.8, 4) is 17.0 Å². The van der Waals surface area contributed by atoms with E-state index in [2.05, 4.69) is 22.0 Å². The Bertz CT molecular complexity index is 1230. The SMILES string of the molecule is COc1ccc(N2CCN(C(=O)c3cc(-c4cccnc4)nc4ccccc34)CC2)cc1. The lowest BCUT2D eigenvalue weighted by atomic mass is 10.0. The number of pyridine rings is 2. The monoisotopic (exact) mass is 424 g/mol. The fourth-order valence-electron chi connectivity index (χ4n) is 4.15. The Kier molecular flexibility index (Phi) is 5.42. The first-order valence-electron chi connectivity index (χ1n) is 10.7. The van der Waals surface area contributed by atoms with E-state index < -0.39 is 0 Å². The van der Waals surface area contributed by atoms with Gasteiger partial charge in [0.25, 0.3) is 5.91 Å². The zero-order valence-electron chi connectivity index (χ0n) is 17.9. The number of aromatic nitrogens is 2. The van der Waals surface area contributed by atoms with E-state index in [1.807, 2.05) is 59.5 Å². The molecule has 2 aromatic carbocycles. The summed E-state index contributed by atoms with van der Waals surface area (Å²) in [6.45, 7) is 2.92. The van der Waals surface area contributed by atoms with Crippen LogP contribution in [0.5, 0.6) is 5.75 Å². The van der Waals surface area contributed by atoms with Gasteiger partial charge in [-0.25, -0.2) is 4.98 Å². The normalized spacial score (nSPS) is 13.9. The van der Waals surface area contributed by atoms with Gasteiger partial charge in [-0.2, -0.15) is 0 Å². The maximum absolute atomic E-state index is 13.6. The van der Waals surface area contributed by atoms with Gasteiger partial charge < -0.3 is 14.5 Å². The first kappa shape index (κ1) is 20.0. The first-order chi connectivity index (χ1) is 15.7. The van der Waals surface area contributed by atoms with E-state index in [4.69, 9.17) is 9.72 Å². The van der Waals surface area contributed by atoms with Crippen molar-refractivity contribution in [3.05, 3.63) is 84.7 Å². The topological polar surface area (TPSA) is 58.6 Å². The lowest BCUT2D eigenvalue weighted by molar-refractivity contribution is 0.0748. The molecule has 2 aromatic heterocycles. The number of hydrogen-bond acceptors (Lipinski definition) is 5. The van der Waals surface area contributed by atoms with E-state index in [9.17, 15) is 4.79 Å². The van der Waals surface area contributed by atoms with Crippen LogP contribution in [-0.2, 0) is 0 Å².